The van der Waals surface area contributed by atoms with E-state index in [0.717, 1.165) is 5.69 Å². The van der Waals surface area contributed by atoms with Crippen molar-refractivity contribution in [1.29, 1.82) is 0 Å². The van der Waals surface area contributed by atoms with Crippen LogP contribution in [0.3, 0.4) is 0 Å². The first-order valence-corrected chi connectivity index (χ1v) is 8.08. The fourth-order valence-electron chi connectivity index (χ4n) is 2.58. The summed E-state index contributed by atoms with van der Waals surface area (Å²) in [6, 6.07) is 14.8. The summed E-state index contributed by atoms with van der Waals surface area (Å²) in [6.45, 7) is 4.26. The van der Waals surface area contributed by atoms with Gasteiger partial charge in [0, 0.05) is 19.2 Å². The Bertz CT molecular complexity index is 720. The fourth-order valence-corrected chi connectivity index (χ4v) is 2.58. The first kappa shape index (κ1) is 17.7. The van der Waals surface area contributed by atoms with Gasteiger partial charge in [-0.3, -0.25) is 4.79 Å². The molecule has 1 N–H and O–H groups in total. The second kappa shape index (κ2) is 7.77. The molecule has 0 radical (unpaired) electrons. The van der Waals surface area contributed by atoms with Crippen molar-refractivity contribution in [2.45, 2.75) is 32.6 Å². The average molecular weight is 325 g/mol. The minimum Gasteiger partial charge on any atom is -0.478 e. The standard InChI is InChI=1S/C20H23NO3/c1-14(2)15-8-11-17(12-9-15)21(3)19(22)13-10-16-6-4-5-7-18(16)20(23)24/h4-9,11-12,14H,10,13H2,1-3H3,(H,23,24). The van der Waals surface area contributed by atoms with Gasteiger partial charge in [-0.05, 0) is 41.7 Å². The lowest BCUT2D eigenvalue weighted by Crippen LogP contribution is -2.26. The normalized spacial score (nSPS) is 10.7. The number of carbonyl (C=O) groups excluding carboxylic acids is 1. The Balaban J connectivity index is 2.03. The van der Waals surface area contributed by atoms with E-state index in [9.17, 15) is 14.7 Å². The van der Waals surface area contributed by atoms with Crippen LogP contribution >= 0.6 is 0 Å². The Morgan fingerprint density at radius 1 is 1.04 bits per heavy atom. The van der Waals surface area contributed by atoms with Crippen LogP contribution in [0.2, 0.25) is 0 Å². The number of benzene rings is 2. The molecule has 0 unspecified atom stereocenters. The Morgan fingerprint density at radius 2 is 1.67 bits per heavy atom. The van der Waals surface area contributed by atoms with E-state index in [4.69, 9.17) is 0 Å². The summed E-state index contributed by atoms with van der Waals surface area (Å²) >= 11 is 0. The molecule has 0 bridgehead atoms. The molecule has 126 valence electrons. The molecule has 0 aliphatic heterocycles. The van der Waals surface area contributed by atoms with Gasteiger partial charge in [0.15, 0.2) is 0 Å². The molecule has 2 rings (SSSR count). The molecular weight excluding hydrogens is 302 g/mol. The lowest BCUT2D eigenvalue weighted by Gasteiger charge is -2.18. The van der Waals surface area contributed by atoms with E-state index in [1.165, 1.54) is 5.56 Å². The first-order chi connectivity index (χ1) is 11.4. The van der Waals surface area contributed by atoms with E-state index in [-0.39, 0.29) is 17.9 Å². The quantitative estimate of drug-likeness (QED) is 0.870. The molecule has 4 heteroatoms. The summed E-state index contributed by atoms with van der Waals surface area (Å²) in [5, 5.41) is 9.19. The molecule has 24 heavy (non-hydrogen) atoms. The Kier molecular flexibility index (Phi) is 5.74. The molecule has 0 aromatic heterocycles. The maximum absolute atomic E-state index is 12.4. The number of amides is 1. The van der Waals surface area contributed by atoms with Gasteiger partial charge in [-0.25, -0.2) is 4.79 Å². The highest BCUT2D eigenvalue weighted by Gasteiger charge is 2.14. The molecule has 0 spiro atoms. The molecule has 2 aromatic rings. The molecule has 0 heterocycles. The third kappa shape index (κ3) is 4.22. The van der Waals surface area contributed by atoms with Crippen LogP contribution in [0.5, 0.6) is 0 Å². The zero-order chi connectivity index (χ0) is 17.7. The van der Waals surface area contributed by atoms with Gasteiger partial charge >= 0.3 is 5.97 Å². The lowest BCUT2D eigenvalue weighted by molar-refractivity contribution is -0.118. The van der Waals surface area contributed by atoms with Crippen LogP contribution in [0, 0.1) is 0 Å². The van der Waals surface area contributed by atoms with E-state index in [0.29, 0.717) is 17.9 Å². The summed E-state index contributed by atoms with van der Waals surface area (Å²) in [5.74, 6) is -0.546. The van der Waals surface area contributed by atoms with Crippen molar-refractivity contribution in [1.82, 2.24) is 0 Å². The third-order valence-corrected chi connectivity index (χ3v) is 4.18. The molecule has 0 saturated heterocycles. The highest BCUT2D eigenvalue weighted by molar-refractivity contribution is 5.93. The van der Waals surface area contributed by atoms with Crippen molar-refractivity contribution in [3.63, 3.8) is 0 Å². The van der Waals surface area contributed by atoms with E-state index >= 15 is 0 Å². The molecule has 0 saturated carbocycles. The third-order valence-electron chi connectivity index (χ3n) is 4.18. The van der Waals surface area contributed by atoms with Crippen LogP contribution in [-0.4, -0.2) is 24.0 Å². The number of hydrogen-bond donors (Lipinski definition) is 1. The zero-order valence-corrected chi connectivity index (χ0v) is 14.3. The molecule has 0 fully saturated rings. The van der Waals surface area contributed by atoms with Gasteiger partial charge in [-0.2, -0.15) is 0 Å². The monoisotopic (exact) mass is 325 g/mol. The van der Waals surface area contributed by atoms with Gasteiger partial charge in [0.1, 0.15) is 0 Å². The van der Waals surface area contributed by atoms with Crippen molar-refractivity contribution in [2.75, 3.05) is 11.9 Å². The second-order valence-electron chi connectivity index (χ2n) is 6.16. The summed E-state index contributed by atoms with van der Waals surface area (Å²) in [7, 11) is 1.75. The molecule has 4 nitrogen and oxygen atoms in total. The molecule has 2 aromatic carbocycles. The Hall–Kier alpha value is -2.62. The molecular formula is C20H23NO3. The number of carbonyl (C=O) groups is 2. The number of carboxylic acids is 1. The highest BCUT2D eigenvalue weighted by Crippen LogP contribution is 2.20. The summed E-state index contributed by atoms with van der Waals surface area (Å²) in [5.41, 5.74) is 3.02. The van der Waals surface area contributed by atoms with Gasteiger partial charge in [-0.1, -0.05) is 44.2 Å². The highest BCUT2D eigenvalue weighted by atomic mass is 16.4. The smallest absolute Gasteiger partial charge is 0.335 e. The second-order valence-corrected chi connectivity index (χ2v) is 6.16. The topological polar surface area (TPSA) is 57.6 Å². The molecule has 0 atom stereocenters. The fraction of sp³-hybridized carbons (Fsp3) is 0.300. The largest absolute Gasteiger partial charge is 0.478 e. The van der Waals surface area contributed by atoms with Crippen LogP contribution in [0.4, 0.5) is 5.69 Å². The number of carboxylic acid groups (broad SMARTS) is 1. The van der Waals surface area contributed by atoms with Gasteiger partial charge in [0.05, 0.1) is 5.56 Å². The van der Waals surface area contributed by atoms with Crippen LogP contribution in [0.1, 0.15) is 47.7 Å². The zero-order valence-electron chi connectivity index (χ0n) is 14.3. The minimum absolute atomic E-state index is 0.0347. The van der Waals surface area contributed by atoms with Gasteiger partial charge in [-0.15, -0.1) is 0 Å². The average Bonchev–Trinajstić information content (AvgIpc) is 2.59. The molecule has 0 aliphatic carbocycles. The van der Waals surface area contributed by atoms with Crippen molar-refractivity contribution in [3.05, 3.63) is 65.2 Å². The predicted octanol–water partition coefficient (Wildman–Crippen LogP) is 4.10. The summed E-state index contributed by atoms with van der Waals surface area (Å²) < 4.78 is 0. The van der Waals surface area contributed by atoms with Crippen molar-refractivity contribution >= 4 is 17.6 Å². The number of anilines is 1. The van der Waals surface area contributed by atoms with Gasteiger partial charge < -0.3 is 10.0 Å². The van der Waals surface area contributed by atoms with E-state index in [1.54, 1.807) is 36.2 Å². The predicted molar refractivity (Wildman–Crippen MR) is 95.7 cm³/mol. The number of rotatable bonds is 6. The lowest BCUT2D eigenvalue weighted by atomic mass is 10.0. The van der Waals surface area contributed by atoms with Gasteiger partial charge in [0.25, 0.3) is 0 Å². The van der Waals surface area contributed by atoms with E-state index in [2.05, 4.69) is 13.8 Å². The number of hydrogen-bond acceptors (Lipinski definition) is 2. The number of nitrogens with zero attached hydrogens (tertiary/aromatic N) is 1. The first-order valence-electron chi connectivity index (χ1n) is 8.08. The summed E-state index contributed by atoms with van der Waals surface area (Å²) in [4.78, 5) is 25.2. The maximum Gasteiger partial charge on any atom is 0.335 e. The van der Waals surface area contributed by atoms with Crippen molar-refractivity contribution < 1.29 is 14.7 Å². The number of aryl methyl sites for hydroxylation is 1. The number of aromatic carboxylic acids is 1. The van der Waals surface area contributed by atoms with Crippen LogP contribution in [0.15, 0.2) is 48.5 Å². The summed E-state index contributed by atoms with van der Waals surface area (Å²) in [6.07, 6.45) is 0.683. The van der Waals surface area contributed by atoms with Crippen LogP contribution in [0.25, 0.3) is 0 Å². The molecule has 1 amide bonds. The maximum atomic E-state index is 12.4. The SMILES string of the molecule is CC(C)c1ccc(N(C)C(=O)CCc2ccccc2C(=O)O)cc1. The van der Waals surface area contributed by atoms with Crippen LogP contribution in [-0.2, 0) is 11.2 Å². The van der Waals surface area contributed by atoms with E-state index < -0.39 is 5.97 Å². The minimum atomic E-state index is -0.962. The van der Waals surface area contributed by atoms with Crippen molar-refractivity contribution in [3.8, 4) is 0 Å². The van der Waals surface area contributed by atoms with Crippen LogP contribution < -0.4 is 4.90 Å². The molecule has 0 aliphatic rings. The van der Waals surface area contributed by atoms with Gasteiger partial charge in [0.2, 0.25) is 5.91 Å². The Morgan fingerprint density at radius 3 is 2.25 bits per heavy atom. The van der Waals surface area contributed by atoms with E-state index in [1.807, 2.05) is 24.3 Å². The van der Waals surface area contributed by atoms with Crippen molar-refractivity contribution in [2.24, 2.45) is 0 Å². The Labute approximate surface area is 142 Å².